The van der Waals surface area contributed by atoms with Crippen molar-refractivity contribution in [3.8, 4) is 0 Å². The summed E-state index contributed by atoms with van der Waals surface area (Å²) in [6.45, 7) is 5.38. The van der Waals surface area contributed by atoms with Gasteiger partial charge in [-0.25, -0.2) is 9.97 Å². The number of ether oxygens (including phenoxy) is 1. The predicted molar refractivity (Wildman–Crippen MR) is 63.5 cm³/mol. The molecule has 1 fully saturated rings. The van der Waals surface area contributed by atoms with Crippen LogP contribution in [0.4, 0.5) is 11.6 Å². The van der Waals surface area contributed by atoms with Gasteiger partial charge in [0.25, 0.3) is 0 Å². The van der Waals surface area contributed by atoms with E-state index in [4.69, 9.17) is 10.5 Å². The first-order valence-corrected chi connectivity index (χ1v) is 5.75. The van der Waals surface area contributed by atoms with Crippen LogP contribution < -0.4 is 10.6 Å². The number of nitrogens with zero attached hydrogens (tertiary/aromatic N) is 3. The van der Waals surface area contributed by atoms with Gasteiger partial charge in [-0.15, -0.1) is 0 Å². The molecule has 2 rings (SSSR count). The zero-order chi connectivity index (χ0) is 11.4. The lowest BCUT2D eigenvalue weighted by Crippen LogP contribution is -2.37. The first-order valence-electron chi connectivity index (χ1n) is 5.75. The summed E-state index contributed by atoms with van der Waals surface area (Å²) in [6.07, 6.45) is 1.91. The van der Waals surface area contributed by atoms with Crippen molar-refractivity contribution in [2.45, 2.75) is 19.8 Å². The third kappa shape index (κ3) is 2.61. The van der Waals surface area contributed by atoms with Crippen LogP contribution in [0.25, 0.3) is 0 Å². The molecule has 1 aliphatic heterocycles. The van der Waals surface area contributed by atoms with Gasteiger partial charge in [-0.1, -0.05) is 6.92 Å². The molecule has 1 aromatic rings. The summed E-state index contributed by atoms with van der Waals surface area (Å²) < 4.78 is 5.31. The van der Waals surface area contributed by atoms with Gasteiger partial charge in [0, 0.05) is 25.6 Å². The van der Waals surface area contributed by atoms with Crippen LogP contribution in [0.2, 0.25) is 0 Å². The molecule has 2 N–H and O–H groups in total. The van der Waals surface area contributed by atoms with E-state index < -0.39 is 0 Å². The molecular formula is C11H18N4O. The first kappa shape index (κ1) is 11.1. The Kier molecular flexibility index (Phi) is 3.56. The number of rotatable bonds is 3. The normalized spacial score (nSPS) is 16.4. The van der Waals surface area contributed by atoms with Crippen molar-refractivity contribution >= 4 is 11.6 Å². The molecule has 1 saturated heterocycles. The fourth-order valence-corrected chi connectivity index (χ4v) is 1.79. The van der Waals surface area contributed by atoms with Crippen LogP contribution in [-0.4, -0.2) is 36.3 Å². The highest BCUT2D eigenvalue weighted by molar-refractivity contribution is 5.47. The smallest absolute Gasteiger partial charge is 0.134 e. The second-order valence-electron chi connectivity index (χ2n) is 3.92. The zero-order valence-electron chi connectivity index (χ0n) is 9.65. The average Bonchev–Trinajstić information content (AvgIpc) is 2.30. The Balaban J connectivity index is 2.18. The fraction of sp³-hybridized carbons (Fsp3) is 0.636. The maximum Gasteiger partial charge on any atom is 0.134 e. The minimum absolute atomic E-state index is 0.556. The standard InChI is InChI=1S/C11H18N4O/c1-2-3-10-13-9(12)8-11(14-10)15-4-6-16-7-5-15/h8H,2-7H2,1H3,(H2,12,13,14). The summed E-state index contributed by atoms with van der Waals surface area (Å²) in [5.74, 6) is 2.32. The zero-order valence-corrected chi connectivity index (χ0v) is 9.65. The van der Waals surface area contributed by atoms with E-state index in [0.717, 1.165) is 50.8 Å². The van der Waals surface area contributed by atoms with Crippen LogP contribution in [0.5, 0.6) is 0 Å². The Morgan fingerprint density at radius 1 is 1.38 bits per heavy atom. The number of hydrogen-bond donors (Lipinski definition) is 1. The van der Waals surface area contributed by atoms with E-state index in [2.05, 4.69) is 21.8 Å². The number of aromatic nitrogens is 2. The van der Waals surface area contributed by atoms with Crippen LogP contribution in [0.1, 0.15) is 19.2 Å². The Labute approximate surface area is 95.6 Å². The van der Waals surface area contributed by atoms with Gasteiger partial charge in [-0.2, -0.15) is 0 Å². The number of nitrogen functional groups attached to an aromatic ring is 1. The molecule has 0 radical (unpaired) electrons. The van der Waals surface area contributed by atoms with Crippen molar-refractivity contribution in [3.63, 3.8) is 0 Å². The summed E-state index contributed by atoms with van der Waals surface area (Å²) in [6, 6.07) is 1.84. The number of morpholine rings is 1. The molecule has 5 nitrogen and oxygen atoms in total. The number of nitrogens with two attached hydrogens (primary N) is 1. The number of anilines is 2. The molecular weight excluding hydrogens is 204 g/mol. The molecule has 1 aliphatic rings. The molecule has 0 bridgehead atoms. The predicted octanol–water partition coefficient (Wildman–Crippen LogP) is 0.848. The second-order valence-corrected chi connectivity index (χ2v) is 3.92. The molecule has 0 aliphatic carbocycles. The lowest BCUT2D eigenvalue weighted by Gasteiger charge is -2.28. The highest BCUT2D eigenvalue weighted by atomic mass is 16.5. The van der Waals surface area contributed by atoms with Gasteiger partial charge in [0.05, 0.1) is 13.2 Å². The Morgan fingerprint density at radius 2 is 2.12 bits per heavy atom. The van der Waals surface area contributed by atoms with E-state index in [0.29, 0.717) is 5.82 Å². The van der Waals surface area contributed by atoms with Gasteiger partial charge in [-0.3, -0.25) is 0 Å². The third-order valence-electron chi connectivity index (χ3n) is 2.59. The average molecular weight is 222 g/mol. The van der Waals surface area contributed by atoms with Crippen molar-refractivity contribution in [2.24, 2.45) is 0 Å². The van der Waals surface area contributed by atoms with Crippen molar-refractivity contribution in [3.05, 3.63) is 11.9 Å². The molecule has 0 saturated carbocycles. The van der Waals surface area contributed by atoms with Crippen LogP contribution in [-0.2, 0) is 11.2 Å². The van der Waals surface area contributed by atoms with Gasteiger partial charge in [-0.05, 0) is 6.42 Å². The molecule has 5 heteroatoms. The largest absolute Gasteiger partial charge is 0.384 e. The molecule has 0 atom stereocenters. The van der Waals surface area contributed by atoms with Crippen molar-refractivity contribution in [2.75, 3.05) is 36.9 Å². The monoisotopic (exact) mass is 222 g/mol. The van der Waals surface area contributed by atoms with Crippen LogP contribution in [0, 0.1) is 0 Å². The van der Waals surface area contributed by atoms with Gasteiger partial charge in [0.2, 0.25) is 0 Å². The van der Waals surface area contributed by atoms with E-state index in [1.807, 2.05) is 6.07 Å². The van der Waals surface area contributed by atoms with Crippen molar-refractivity contribution < 1.29 is 4.74 Å². The number of hydrogen-bond acceptors (Lipinski definition) is 5. The minimum atomic E-state index is 0.556. The van der Waals surface area contributed by atoms with Crippen LogP contribution in [0.15, 0.2) is 6.07 Å². The minimum Gasteiger partial charge on any atom is -0.384 e. The first-order chi connectivity index (χ1) is 7.79. The third-order valence-corrected chi connectivity index (χ3v) is 2.59. The molecule has 1 aromatic heterocycles. The number of aryl methyl sites for hydroxylation is 1. The van der Waals surface area contributed by atoms with Gasteiger partial charge >= 0.3 is 0 Å². The molecule has 2 heterocycles. The summed E-state index contributed by atoms with van der Waals surface area (Å²) in [5.41, 5.74) is 5.79. The molecule has 0 aromatic carbocycles. The van der Waals surface area contributed by atoms with Crippen molar-refractivity contribution in [1.82, 2.24) is 9.97 Å². The maximum atomic E-state index is 5.79. The Bertz CT molecular complexity index is 350. The van der Waals surface area contributed by atoms with Crippen LogP contribution >= 0.6 is 0 Å². The summed E-state index contributed by atoms with van der Waals surface area (Å²) >= 11 is 0. The Morgan fingerprint density at radius 3 is 2.81 bits per heavy atom. The highest BCUT2D eigenvalue weighted by Gasteiger charge is 2.13. The molecule has 0 amide bonds. The van der Waals surface area contributed by atoms with Crippen LogP contribution in [0.3, 0.4) is 0 Å². The lowest BCUT2D eigenvalue weighted by molar-refractivity contribution is 0.122. The summed E-state index contributed by atoms with van der Waals surface area (Å²) in [7, 11) is 0. The van der Waals surface area contributed by atoms with Gasteiger partial charge in [0.15, 0.2) is 0 Å². The highest BCUT2D eigenvalue weighted by Crippen LogP contribution is 2.16. The molecule has 0 unspecified atom stereocenters. The lowest BCUT2D eigenvalue weighted by atomic mass is 10.3. The summed E-state index contributed by atoms with van der Waals surface area (Å²) in [5, 5.41) is 0. The molecule has 88 valence electrons. The maximum absolute atomic E-state index is 5.79. The van der Waals surface area contributed by atoms with E-state index >= 15 is 0 Å². The van der Waals surface area contributed by atoms with Gasteiger partial charge in [0.1, 0.15) is 17.5 Å². The van der Waals surface area contributed by atoms with Crippen molar-refractivity contribution in [1.29, 1.82) is 0 Å². The van der Waals surface area contributed by atoms with Gasteiger partial charge < -0.3 is 15.4 Å². The van der Waals surface area contributed by atoms with E-state index in [9.17, 15) is 0 Å². The quantitative estimate of drug-likeness (QED) is 0.821. The molecule has 0 spiro atoms. The fourth-order valence-electron chi connectivity index (χ4n) is 1.79. The topological polar surface area (TPSA) is 64.3 Å². The summed E-state index contributed by atoms with van der Waals surface area (Å²) in [4.78, 5) is 10.9. The second kappa shape index (κ2) is 5.12. The van der Waals surface area contributed by atoms with E-state index in [-0.39, 0.29) is 0 Å². The molecule has 16 heavy (non-hydrogen) atoms. The van der Waals surface area contributed by atoms with E-state index in [1.165, 1.54) is 0 Å². The SMILES string of the molecule is CCCc1nc(N)cc(N2CCOCC2)n1. The van der Waals surface area contributed by atoms with E-state index in [1.54, 1.807) is 0 Å². The Hall–Kier alpha value is -1.36.